The first kappa shape index (κ1) is 19.4. The second-order valence-corrected chi connectivity index (χ2v) is 6.31. The number of hydrogen-bond acceptors (Lipinski definition) is 4. The van der Waals surface area contributed by atoms with Gasteiger partial charge in [0.1, 0.15) is 5.75 Å². The highest BCUT2D eigenvalue weighted by molar-refractivity contribution is 5.96. The third-order valence-electron chi connectivity index (χ3n) is 4.30. The topological polar surface area (TPSA) is 64.6 Å². The summed E-state index contributed by atoms with van der Waals surface area (Å²) in [5.41, 5.74) is 0.916. The molecule has 0 heterocycles. The van der Waals surface area contributed by atoms with Gasteiger partial charge in [0.05, 0.1) is 12.2 Å². The molecule has 3 aromatic rings. The first-order valence-corrected chi connectivity index (χ1v) is 9.34. The monoisotopic (exact) mass is 377 g/mol. The molecule has 5 nitrogen and oxygen atoms in total. The Morgan fingerprint density at radius 3 is 2.46 bits per heavy atom. The summed E-state index contributed by atoms with van der Waals surface area (Å²) in [6, 6.07) is 20.4. The van der Waals surface area contributed by atoms with E-state index < -0.39 is 12.1 Å². The van der Waals surface area contributed by atoms with Crippen molar-refractivity contribution in [1.82, 2.24) is 0 Å². The molecule has 1 amide bonds. The lowest BCUT2D eigenvalue weighted by Gasteiger charge is -2.18. The normalized spacial score (nSPS) is 11.6. The number of rotatable bonds is 7. The predicted molar refractivity (Wildman–Crippen MR) is 110 cm³/mol. The average molecular weight is 377 g/mol. The Labute approximate surface area is 164 Å². The van der Waals surface area contributed by atoms with Crippen LogP contribution in [0.2, 0.25) is 0 Å². The number of amides is 1. The molecule has 0 fully saturated rings. The van der Waals surface area contributed by atoms with Crippen molar-refractivity contribution < 1.29 is 19.1 Å². The first-order chi connectivity index (χ1) is 13.6. The third kappa shape index (κ3) is 4.68. The van der Waals surface area contributed by atoms with E-state index in [4.69, 9.17) is 9.47 Å². The van der Waals surface area contributed by atoms with Gasteiger partial charge in [-0.05, 0) is 54.4 Å². The van der Waals surface area contributed by atoms with Crippen LogP contribution in [0.4, 0.5) is 5.69 Å². The van der Waals surface area contributed by atoms with E-state index in [0.29, 0.717) is 30.0 Å². The summed E-state index contributed by atoms with van der Waals surface area (Å²) < 4.78 is 10.9. The van der Waals surface area contributed by atoms with Gasteiger partial charge in [-0.15, -0.1) is 0 Å². The SMILES string of the molecule is CCOC(=O)c1cccc(NC(=O)[C@@H](CC)Oc2ccc3ccccc3c2)c1. The summed E-state index contributed by atoms with van der Waals surface area (Å²) in [6.07, 6.45) is -0.136. The molecule has 0 bridgehead atoms. The molecular weight excluding hydrogens is 354 g/mol. The van der Waals surface area contributed by atoms with Crippen LogP contribution >= 0.6 is 0 Å². The molecule has 0 saturated heterocycles. The van der Waals surface area contributed by atoms with Crippen molar-refractivity contribution in [3.8, 4) is 5.75 Å². The van der Waals surface area contributed by atoms with Crippen LogP contribution in [-0.4, -0.2) is 24.6 Å². The highest BCUT2D eigenvalue weighted by Gasteiger charge is 2.19. The van der Waals surface area contributed by atoms with Crippen molar-refractivity contribution in [3.63, 3.8) is 0 Å². The summed E-state index contributed by atoms with van der Waals surface area (Å²) in [7, 11) is 0. The Hall–Kier alpha value is -3.34. The predicted octanol–water partition coefficient (Wildman–Crippen LogP) is 4.81. The van der Waals surface area contributed by atoms with E-state index in [1.807, 2.05) is 49.4 Å². The standard InChI is InChI=1S/C23H23NO4/c1-3-21(28-20-13-12-16-8-5-6-9-17(16)15-20)22(25)24-19-11-7-10-18(14-19)23(26)27-4-2/h5-15,21H,3-4H2,1-2H3,(H,24,25)/t21-/m1/s1. The van der Waals surface area contributed by atoms with Crippen LogP contribution < -0.4 is 10.1 Å². The number of nitrogens with one attached hydrogen (secondary N) is 1. The highest BCUT2D eigenvalue weighted by atomic mass is 16.5. The molecule has 0 aromatic heterocycles. The molecule has 0 saturated carbocycles. The molecule has 1 atom stereocenters. The van der Waals surface area contributed by atoms with E-state index in [1.54, 1.807) is 31.2 Å². The van der Waals surface area contributed by atoms with E-state index >= 15 is 0 Å². The molecule has 3 aromatic carbocycles. The summed E-state index contributed by atoms with van der Waals surface area (Å²) in [5.74, 6) is -0.0457. The van der Waals surface area contributed by atoms with E-state index in [2.05, 4.69) is 5.32 Å². The first-order valence-electron chi connectivity index (χ1n) is 9.34. The maximum atomic E-state index is 12.7. The molecule has 1 N–H and O–H groups in total. The molecule has 0 spiro atoms. The number of anilines is 1. The highest BCUT2D eigenvalue weighted by Crippen LogP contribution is 2.22. The van der Waals surface area contributed by atoms with E-state index in [9.17, 15) is 9.59 Å². The van der Waals surface area contributed by atoms with Gasteiger partial charge >= 0.3 is 5.97 Å². The largest absolute Gasteiger partial charge is 0.481 e. The van der Waals surface area contributed by atoms with Crippen molar-refractivity contribution in [2.45, 2.75) is 26.4 Å². The quantitative estimate of drug-likeness (QED) is 0.600. The molecule has 5 heteroatoms. The molecule has 0 aliphatic rings. The van der Waals surface area contributed by atoms with E-state index in [0.717, 1.165) is 10.8 Å². The van der Waals surface area contributed by atoms with E-state index in [1.165, 1.54) is 0 Å². The maximum absolute atomic E-state index is 12.7. The Morgan fingerprint density at radius 2 is 1.71 bits per heavy atom. The molecule has 0 unspecified atom stereocenters. The second-order valence-electron chi connectivity index (χ2n) is 6.31. The zero-order valence-corrected chi connectivity index (χ0v) is 16.0. The number of fused-ring (bicyclic) bond motifs is 1. The minimum Gasteiger partial charge on any atom is -0.481 e. The maximum Gasteiger partial charge on any atom is 0.338 e. The minimum atomic E-state index is -0.646. The van der Waals surface area contributed by atoms with Gasteiger partial charge in [-0.1, -0.05) is 43.3 Å². The number of carbonyl (C=O) groups is 2. The summed E-state index contributed by atoms with van der Waals surface area (Å²) in [6.45, 7) is 3.94. The summed E-state index contributed by atoms with van der Waals surface area (Å²) in [4.78, 5) is 24.5. The fourth-order valence-electron chi connectivity index (χ4n) is 2.89. The van der Waals surface area contributed by atoms with Crippen molar-refractivity contribution in [2.75, 3.05) is 11.9 Å². The fourth-order valence-corrected chi connectivity index (χ4v) is 2.89. The van der Waals surface area contributed by atoms with Crippen LogP contribution in [-0.2, 0) is 9.53 Å². The van der Waals surface area contributed by atoms with Gasteiger partial charge in [-0.2, -0.15) is 0 Å². The van der Waals surface area contributed by atoms with Gasteiger partial charge in [-0.25, -0.2) is 4.79 Å². The molecule has 144 valence electrons. The number of esters is 1. The van der Waals surface area contributed by atoms with Crippen molar-refractivity contribution in [3.05, 3.63) is 72.3 Å². The minimum absolute atomic E-state index is 0.267. The molecule has 0 aliphatic carbocycles. The molecule has 28 heavy (non-hydrogen) atoms. The molecule has 3 rings (SSSR count). The van der Waals surface area contributed by atoms with Crippen molar-refractivity contribution in [1.29, 1.82) is 0 Å². The molecule has 0 aliphatic heterocycles. The number of ether oxygens (including phenoxy) is 2. The van der Waals surface area contributed by atoms with Gasteiger partial charge in [0.15, 0.2) is 6.10 Å². The lowest BCUT2D eigenvalue weighted by atomic mass is 10.1. The number of benzene rings is 3. The summed E-state index contributed by atoms with van der Waals surface area (Å²) in [5, 5.41) is 4.98. The molecular formula is C23H23NO4. The Morgan fingerprint density at radius 1 is 0.929 bits per heavy atom. The van der Waals surface area contributed by atoms with Crippen LogP contribution in [0.1, 0.15) is 30.6 Å². The lowest BCUT2D eigenvalue weighted by Crippen LogP contribution is -2.32. The van der Waals surface area contributed by atoms with Gasteiger partial charge in [0, 0.05) is 5.69 Å². The Balaban J connectivity index is 1.71. The zero-order chi connectivity index (χ0) is 19.9. The Kier molecular flexibility index (Phi) is 6.27. The number of carbonyl (C=O) groups excluding carboxylic acids is 2. The second kappa shape index (κ2) is 9.04. The zero-order valence-electron chi connectivity index (χ0n) is 16.0. The average Bonchev–Trinajstić information content (AvgIpc) is 2.72. The number of hydrogen-bond donors (Lipinski definition) is 1. The van der Waals surface area contributed by atoms with Crippen molar-refractivity contribution in [2.24, 2.45) is 0 Å². The van der Waals surface area contributed by atoms with E-state index in [-0.39, 0.29) is 5.91 Å². The van der Waals surface area contributed by atoms with Gasteiger partial charge in [0.2, 0.25) is 0 Å². The van der Waals surface area contributed by atoms with Crippen LogP contribution in [0.5, 0.6) is 5.75 Å². The summed E-state index contributed by atoms with van der Waals surface area (Å²) >= 11 is 0. The Bertz CT molecular complexity index is 983. The van der Waals surface area contributed by atoms with Crippen LogP contribution in [0.15, 0.2) is 66.7 Å². The van der Waals surface area contributed by atoms with Crippen LogP contribution in [0.3, 0.4) is 0 Å². The van der Waals surface area contributed by atoms with Crippen molar-refractivity contribution >= 4 is 28.3 Å². The smallest absolute Gasteiger partial charge is 0.338 e. The van der Waals surface area contributed by atoms with Crippen LogP contribution in [0.25, 0.3) is 10.8 Å². The van der Waals surface area contributed by atoms with Crippen LogP contribution in [0, 0.1) is 0 Å². The van der Waals surface area contributed by atoms with Gasteiger partial charge in [0.25, 0.3) is 5.91 Å². The van der Waals surface area contributed by atoms with Gasteiger partial charge < -0.3 is 14.8 Å². The fraction of sp³-hybridized carbons (Fsp3) is 0.217. The molecule has 0 radical (unpaired) electrons. The third-order valence-corrected chi connectivity index (χ3v) is 4.30. The lowest BCUT2D eigenvalue weighted by molar-refractivity contribution is -0.122. The van der Waals surface area contributed by atoms with Gasteiger partial charge in [-0.3, -0.25) is 4.79 Å².